The summed E-state index contributed by atoms with van der Waals surface area (Å²) in [5, 5.41) is 6.48. The maximum atomic E-state index is 4.59. The van der Waals surface area contributed by atoms with Crippen LogP contribution in [-0.4, -0.2) is 50.1 Å². The molecule has 1 saturated heterocycles. The minimum Gasteiger partial charge on any atom is -0.357 e. The predicted molar refractivity (Wildman–Crippen MR) is 104 cm³/mol. The number of aliphatic imine (C=N–C) groups is 1. The Labute approximate surface area is 147 Å². The van der Waals surface area contributed by atoms with Crippen LogP contribution in [0.4, 0.5) is 0 Å². The van der Waals surface area contributed by atoms with E-state index in [1.54, 1.807) is 0 Å². The molecule has 1 aliphatic rings. The van der Waals surface area contributed by atoms with Crippen molar-refractivity contribution in [1.29, 1.82) is 0 Å². The SMILES string of the molecule is C=CCNC(=NCCCN1CC(C)CC(C)C1)NCC.I. The topological polar surface area (TPSA) is 39.7 Å². The summed E-state index contributed by atoms with van der Waals surface area (Å²) in [7, 11) is 0. The van der Waals surface area contributed by atoms with E-state index in [2.05, 4.69) is 47.9 Å². The molecule has 0 aromatic carbocycles. The number of nitrogens with zero attached hydrogens (tertiary/aromatic N) is 2. The van der Waals surface area contributed by atoms with Crippen molar-refractivity contribution in [3.63, 3.8) is 0 Å². The van der Waals surface area contributed by atoms with Crippen LogP contribution in [0.5, 0.6) is 0 Å². The molecular formula is C16H33IN4. The maximum absolute atomic E-state index is 4.59. The standard InChI is InChI=1S/C16H32N4.HI/c1-5-8-18-16(17-6-2)19-9-7-10-20-12-14(3)11-15(4)13-20;/h5,14-15H,1,6-13H2,2-4H3,(H2,17,18,19);1H. The number of rotatable bonds is 7. The van der Waals surface area contributed by atoms with E-state index < -0.39 is 0 Å². The minimum absolute atomic E-state index is 0. The van der Waals surface area contributed by atoms with Gasteiger partial charge in [-0.25, -0.2) is 0 Å². The first-order valence-electron chi connectivity index (χ1n) is 8.01. The average molecular weight is 408 g/mol. The zero-order valence-electron chi connectivity index (χ0n) is 13.9. The summed E-state index contributed by atoms with van der Waals surface area (Å²) >= 11 is 0. The van der Waals surface area contributed by atoms with Gasteiger partial charge in [0.15, 0.2) is 5.96 Å². The third-order valence-corrected chi connectivity index (χ3v) is 3.60. The van der Waals surface area contributed by atoms with Crippen LogP contribution in [0.25, 0.3) is 0 Å². The van der Waals surface area contributed by atoms with E-state index in [0.717, 1.165) is 43.9 Å². The highest BCUT2D eigenvalue weighted by Crippen LogP contribution is 2.20. The second-order valence-corrected chi connectivity index (χ2v) is 5.99. The smallest absolute Gasteiger partial charge is 0.191 e. The number of likely N-dealkylation sites (tertiary alicyclic amines) is 1. The van der Waals surface area contributed by atoms with E-state index in [4.69, 9.17) is 0 Å². The number of hydrogen-bond donors (Lipinski definition) is 2. The van der Waals surface area contributed by atoms with Crippen LogP contribution in [-0.2, 0) is 0 Å². The molecule has 0 saturated carbocycles. The van der Waals surface area contributed by atoms with E-state index in [1.165, 1.54) is 26.1 Å². The third-order valence-electron chi connectivity index (χ3n) is 3.60. The predicted octanol–water partition coefficient (Wildman–Crippen LogP) is 2.71. The fourth-order valence-electron chi connectivity index (χ4n) is 2.97. The lowest BCUT2D eigenvalue weighted by atomic mass is 9.92. The van der Waals surface area contributed by atoms with Crippen molar-refractivity contribution in [1.82, 2.24) is 15.5 Å². The Morgan fingerprint density at radius 3 is 2.52 bits per heavy atom. The van der Waals surface area contributed by atoms with Crippen molar-refractivity contribution in [2.24, 2.45) is 16.8 Å². The molecule has 1 aliphatic heterocycles. The molecule has 2 N–H and O–H groups in total. The lowest BCUT2D eigenvalue weighted by Crippen LogP contribution is -2.39. The zero-order chi connectivity index (χ0) is 14.8. The van der Waals surface area contributed by atoms with Gasteiger partial charge in [-0.2, -0.15) is 0 Å². The summed E-state index contributed by atoms with van der Waals surface area (Å²) < 4.78 is 0. The highest BCUT2D eigenvalue weighted by atomic mass is 127. The van der Waals surface area contributed by atoms with Gasteiger partial charge in [0, 0.05) is 32.7 Å². The van der Waals surface area contributed by atoms with Crippen LogP contribution in [0.1, 0.15) is 33.6 Å². The van der Waals surface area contributed by atoms with Gasteiger partial charge < -0.3 is 15.5 Å². The molecule has 5 heteroatoms. The average Bonchev–Trinajstić information content (AvgIpc) is 2.39. The van der Waals surface area contributed by atoms with Gasteiger partial charge >= 0.3 is 0 Å². The van der Waals surface area contributed by atoms with Crippen LogP contribution in [0.3, 0.4) is 0 Å². The highest BCUT2D eigenvalue weighted by molar-refractivity contribution is 14.0. The number of halogens is 1. The van der Waals surface area contributed by atoms with Gasteiger partial charge in [-0.05, 0) is 38.1 Å². The Bertz CT molecular complexity index is 297. The minimum atomic E-state index is 0. The molecule has 0 radical (unpaired) electrons. The van der Waals surface area contributed by atoms with Crippen molar-refractivity contribution < 1.29 is 0 Å². The summed E-state index contributed by atoms with van der Waals surface area (Å²) in [6.45, 7) is 16.7. The molecule has 0 bridgehead atoms. The molecular weight excluding hydrogens is 375 g/mol. The number of piperidine rings is 1. The second-order valence-electron chi connectivity index (χ2n) is 5.99. The van der Waals surface area contributed by atoms with Gasteiger partial charge in [0.1, 0.15) is 0 Å². The van der Waals surface area contributed by atoms with Gasteiger partial charge in [0.05, 0.1) is 0 Å². The van der Waals surface area contributed by atoms with E-state index in [0.29, 0.717) is 0 Å². The van der Waals surface area contributed by atoms with E-state index in [1.807, 2.05) is 6.08 Å². The maximum Gasteiger partial charge on any atom is 0.191 e. The zero-order valence-corrected chi connectivity index (χ0v) is 16.2. The first-order chi connectivity index (χ1) is 9.65. The monoisotopic (exact) mass is 408 g/mol. The number of nitrogens with one attached hydrogen (secondary N) is 2. The van der Waals surface area contributed by atoms with Crippen LogP contribution >= 0.6 is 24.0 Å². The molecule has 0 spiro atoms. The van der Waals surface area contributed by atoms with Gasteiger partial charge in [-0.1, -0.05) is 19.9 Å². The van der Waals surface area contributed by atoms with Gasteiger partial charge in [0.25, 0.3) is 0 Å². The summed E-state index contributed by atoms with van der Waals surface area (Å²) in [5.41, 5.74) is 0. The number of hydrogen-bond acceptors (Lipinski definition) is 2. The molecule has 1 heterocycles. The van der Waals surface area contributed by atoms with Crippen LogP contribution in [0.15, 0.2) is 17.6 Å². The fourth-order valence-corrected chi connectivity index (χ4v) is 2.97. The van der Waals surface area contributed by atoms with Crippen molar-refractivity contribution in [3.8, 4) is 0 Å². The Morgan fingerprint density at radius 2 is 1.95 bits per heavy atom. The van der Waals surface area contributed by atoms with Crippen LogP contribution in [0, 0.1) is 11.8 Å². The van der Waals surface area contributed by atoms with E-state index >= 15 is 0 Å². The van der Waals surface area contributed by atoms with Crippen molar-refractivity contribution in [3.05, 3.63) is 12.7 Å². The quantitative estimate of drug-likeness (QED) is 0.224. The molecule has 1 fully saturated rings. The normalized spacial score (nSPS) is 23.3. The highest BCUT2D eigenvalue weighted by Gasteiger charge is 2.20. The second kappa shape index (κ2) is 12.3. The summed E-state index contributed by atoms with van der Waals surface area (Å²) in [4.78, 5) is 7.19. The van der Waals surface area contributed by atoms with Crippen molar-refractivity contribution in [2.75, 3.05) is 39.3 Å². The third kappa shape index (κ3) is 9.34. The fraction of sp³-hybridized carbons (Fsp3) is 0.812. The lowest BCUT2D eigenvalue weighted by molar-refractivity contribution is 0.140. The van der Waals surface area contributed by atoms with Crippen molar-refractivity contribution in [2.45, 2.75) is 33.6 Å². The molecule has 21 heavy (non-hydrogen) atoms. The van der Waals surface area contributed by atoms with Crippen LogP contribution in [0.2, 0.25) is 0 Å². The van der Waals surface area contributed by atoms with Crippen LogP contribution < -0.4 is 10.6 Å². The molecule has 124 valence electrons. The van der Waals surface area contributed by atoms with E-state index in [9.17, 15) is 0 Å². The lowest BCUT2D eigenvalue weighted by Gasteiger charge is -2.34. The van der Waals surface area contributed by atoms with Gasteiger partial charge in [-0.15, -0.1) is 30.6 Å². The van der Waals surface area contributed by atoms with Crippen molar-refractivity contribution >= 4 is 29.9 Å². The number of guanidine groups is 1. The Kier molecular flexibility index (Phi) is 12.1. The Morgan fingerprint density at radius 1 is 1.29 bits per heavy atom. The van der Waals surface area contributed by atoms with Gasteiger partial charge in [-0.3, -0.25) is 4.99 Å². The Hall–Kier alpha value is -0.300. The molecule has 4 nitrogen and oxygen atoms in total. The summed E-state index contributed by atoms with van der Waals surface area (Å²) in [6.07, 6.45) is 4.36. The first kappa shape index (κ1) is 20.7. The van der Waals surface area contributed by atoms with E-state index in [-0.39, 0.29) is 24.0 Å². The molecule has 0 amide bonds. The largest absolute Gasteiger partial charge is 0.357 e. The molecule has 2 atom stereocenters. The Balaban J connectivity index is 0.00000400. The molecule has 0 aromatic heterocycles. The molecule has 1 rings (SSSR count). The summed E-state index contributed by atoms with van der Waals surface area (Å²) in [5.74, 6) is 2.58. The first-order valence-corrected chi connectivity index (χ1v) is 8.01. The molecule has 0 aliphatic carbocycles. The molecule has 0 aromatic rings. The summed E-state index contributed by atoms with van der Waals surface area (Å²) in [6, 6.07) is 0. The van der Waals surface area contributed by atoms with Gasteiger partial charge in [0.2, 0.25) is 0 Å². The molecule has 2 unspecified atom stereocenters.